The Hall–Kier alpha value is -0.275. The molecular formula is C8H15BO2. The maximum Gasteiger partial charge on any atom is 0.458 e. The van der Waals surface area contributed by atoms with E-state index in [-0.39, 0.29) is 5.31 Å². The van der Waals surface area contributed by atoms with Crippen molar-refractivity contribution in [1.29, 1.82) is 0 Å². The van der Waals surface area contributed by atoms with Gasteiger partial charge in [0.25, 0.3) is 0 Å². The van der Waals surface area contributed by atoms with E-state index in [4.69, 9.17) is 10.0 Å². The lowest BCUT2D eigenvalue weighted by atomic mass is 9.50. The number of allylic oxidation sites excluding steroid dienone is 2. The van der Waals surface area contributed by atoms with Crippen LogP contribution in [0.3, 0.4) is 0 Å². The molecule has 0 spiro atoms. The highest BCUT2D eigenvalue weighted by atomic mass is 16.4. The molecule has 0 fully saturated rings. The molecule has 11 heavy (non-hydrogen) atoms. The minimum absolute atomic E-state index is 0.339. The van der Waals surface area contributed by atoms with Crippen LogP contribution >= 0.6 is 0 Å². The Morgan fingerprint density at radius 1 is 1.45 bits per heavy atom. The molecule has 0 aromatic rings. The lowest BCUT2D eigenvalue weighted by Crippen LogP contribution is -2.36. The van der Waals surface area contributed by atoms with Crippen LogP contribution in [0.25, 0.3) is 0 Å². The average molecular weight is 154 g/mol. The first kappa shape index (κ1) is 8.82. The van der Waals surface area contributed by atoms with E-state index in [1.165, 1.54) is 0 Å². The van der Waals surface area contributed by atoms with Crippen LogP contribution in [-0.2, 0) is 0 Å². The van der Waals surface area contributed by atoms with Gasteiger partial charge in [0, 0.05) is 5.31 Å². The summed E-state index contributed by atoms with van der Waals surface area (Å²) < 4.78 is 0. The zero-order valence-corrected chi connectivity index (χ0v) is 7.12. The van der Waals surface area contributed by atoms with Crippen LogP contribution in [-0.4, -0.2) is 17.2 Å². The first-order chi connectivity index (χ1) is 5.07. The predicted molar refractivity (Wildman–Crippen MR) is 46.1 cm³/mol. The Morgan fingerprint density at radius 2 is 2.09 bits per heavy atom. The lowest BCUT2D eigenvalue weighted by Gasteiger charge is -2.35. The fraction of sp³-hybridized carbons (Fsp3) is 0.750. The van der Waals surface area contributed by atoms with Crippen molar-refractivity contribution < 1.29 is 10.0 Å². The molecular weight excluding hydrogens is 139 g/mol. The zero-order valence-electron chi connectivity index (χ0n) is 7.12. The van der Waals surface area contributed by atoms with E-state index in [0.29, 0.717) is 5.92 Å². The Balaban J connectivity index is 2.75. The van der Waals surface area contributed by atoms with E-state index < -0.39 is 7.12 Å². The molecule has 62 valence electrons. The molecule has 0 aliphatic heterocycles. The molecule has 1 rings (SSSR count). The normalized spacial score (nSPS) is 37.3. The third-order valence-electron chi connectivity index (χ3n) is 2.93. The molecule has 3 heteroatoms. The van der Waals surface area contributed by atoms with Crippen LogP contribution in [0.1, 0.15) is 26.7 Å². The summed E-state index contributed by atoms with van der Waals surface area (Å²) in [5.41, 5.74) is 0. The van der Waals surface area contributed by atoms with Gasteiger partial charge in [-0.3, -0.25) is 0 Å². The van der Waals surface area contributed by atoms with Gasteiger partial charge in [-0.25, -0.2) is 0 Å². The van der Waals surface area contributed by atoms with E-state index in [2.05, 4.69) is 13.0 Å². The van der Waals surface area contributed by atoms with Crippen molar-refractivity contribution in [3.05, 3.63) is 12.2 Å². The van der Waals surface area contributed by atoms with Crippen LogP contribution in [0.15, 0.2) is 12.2 Å². The highest BCUT2D eigenvalue weighted by Crippen LogP contribution is 2.45. The summed E-state index contributed by atoms with van der Waals surface area (Å²) in [6.45, 7) is 3.98. The van der Waals surface area contributed by atoms with E-state index in [9.17, 15) is 0 Å². The van der Waals surface area contributed by atoms with Crippen LogP contribution in [0.2, 0.25) is 5.31 Å². The van der Waals surface area contributed by atoms with Crippen molar-refractivity contribution in [2.75, 3.05) is 0 Å². The fourth-order valence-corrected chi connectivity index (χ4v) is 1.47. The largest absolute Gasteiger partial charge is 0.458 e. The van der Waals surface area contributed by atoms with Crippen LogP contribution in [0.4, 0.5) is 0 Å². The van der Waals surface area contributed by atoms with Crippen molar-refractivity contribution in [2.24, 2.45) is 5.92 Å². The standard InChI is InChI=1S/C8H15BO2/c1-7-5-3-4-6-8(7,2)9(10)11/h3-4,7,10-11H,5-6H2,1-2H3. The first-order valence-corrected chi connectivity index (χ1v) is 4.08. The average Bonchev–Trinajstić information content (AvgIpc) is 1.95. The molecule has 1 aliphatic carbocycles. The summed E-state index contributed by atoms with van der Waals surface area (Å²) in [5, 5.41) is 17.9. The summed E-state index contributed by atoms with van der Waals surface area (Å²) in [6.07, 6.45) is 5.86. The minimum atomic E-state index is -1.19. The van der Waals surface area contributed by atoms with Gasteiger partial charge in [-0.15, -0.1) is 0 Å². The number of hydrogen-bond donors (Lipinski definition) is 2. The van der Waals surface area contributed by atoms with Gasteiger partial charge >= 0.3 is 7.12 Å². The molecule has 0 saturated heterocycles. The fourth-order valence-electron chi connectivity index (χ4n) is 1.47. The van der Waals surface area contributed by atoms with Crippen molar-refractivity contribution in [2.45, 2.75) is 32.0 Å². The third kappa shape index (κ3) is 1.49. The Bertz CT molecular complexity index is 167. The van der Waals surface area contributed by atoms with E-state index in [1.807, 2.05) is 13.0 Å². The number of rotatable bonds is 1. The van der Waals surface area contributed by atoms with Crippen molar-refractivity contribution in [1.82, 2.24) is 0 Å². The van der Waals surface area contributed by atoms with E-state index >= 15 is 0 Å². The smallest absolute Gasteiger partial charge is 0.427 e. The summed E-state index contributed by atoms with van der Waals surface area (Å²) in [4.78, 5) is 0. The van der Waals surface area contributed by atoms with E-state index in [0.717, 1.165) is 12.8 Å². The summed E-state index contributed by atoms with van der Waals surface area (Å²) >= 11 is 0. The minimum Gasteiger partial charge on any atom is -0.427 e. The topological polar surface area (TPSA) is 40.5 Å². The quantitative estimate of drug-likeness (QED) is 0.440. The van der Waals surface area contributed by atoms with Crippen molar-refractivity contribution >= 4 is 7.12 Å². The van der Waals surface area contributed by atoms with Crippen LogP contribution in [0.5, 0.6) is 0 Å². The summed E-state index contributed by atoms with van der Waals surface area (Å²) in [5.74, 6) is 0.354. The molecule has 1 aliphatic rings. The molecule has 2 unspecified atom stereocenters. The van der Waals surface area contributed by atoms with Gasteiger partial charge in [0.1, 0.15) is 0 Å². The molecule has 0 bridgehead atoms. The van der Waals surface area contributed by atoms with Crippen LogP contribution in [0, 0.1) is 5.92 Å². The molecule has 0 aromatic heterocycles. The summed E-state index contributed by atoms with van der Waals surface area (Å²) in [7, 11) is -1.19. The monoisotopic (exact) mass is 154 g/mol. The molecule has 0 amide bonds. The Labute approximate surface area is 68.1 Å². The molecule has 2 N–H and O–H groups in total. The molecule has 0 heterocycles. The molecule has 0 saturated carbocycles. The predicted octanol–water partition coefficient (Wildman–Crippen LogP) is 1.21. The lowest BCUT2D eigenvalue weighted by molar-refractivity contribution is 0.280. The maximum absolute atomic E-state index is 9.13. The highest BCUT2D eigenvalue weighted by molar-refractivity contribution is 6.45. The van der Waals surface area contributed by atoms with Crippen LogP contribution < -0.4 is 0 Å². The molecule has 0 radical (unpaired) electrons. The first-order valence-electron chi connectivity index (χ1n) is 4.08. The zero-order chi connectivity index (χ0) is 8.48. The second kappa shape index (κ2) is 2.99. The van der Waals surface area contributed by atoms with Gasteiger partial charge in [-0.2, -0.15) is 0 Å². The van der Waals surface area contributed by atoms with E-state index in [1.54, 1.807) is 0 Å². The van der Waals surface area contributed by atoms with Gasteiger partial charge in [0.15, 0.2) is 0 Å². The molecule has 2 atom stereocenters. The Kier molecular flexibility index (Phi) is 2.40. The highest BCUT2D eigenvalue weighted by Gasteiger charge is 2.41. The third-order valence-corrected chi connectivity index (χ3v) is 2.93. The van der Waals surface area contributed by atoms with Gasteiger partial charge in [0.05, 0.1) is 0 Å². The number of hydrogen-bond acceptors (Lipinski definition) is 2. The SMILES string of the molecule is CC1CC=CCC1(C)B(O)O. The Morgan fingerprint density at radius 3 is 2.45 bits per heavy atom. The second-order valence-corrected chi connectivity index (χ2v) is 3.69. The summed E-state index contributed by atoms with van der Waals surface area (Å²) in [6, 6.07) is 0. The van der Waals surface area contributed by atoms with Gasteiger partial charge < -0.3 is 10.0 Å². The van der Waals surface area contributed by atoms with Crippen molar-refractivity contribution in [3.8, 4) is 0 Å². The van der Waals surface area contributed by atoms with Gasteiger partial charge in [-0.05, 0) is 18.8 Å². The second-order valence-electron chi connectivity index (χ2n) is 3.69. The van der Waals surface area contributed by atoms with Gasteiger partial charge in [-0.1, -0.05) is 26.0 Å². The maximum atomic E-state index is 9.13. The van der Waals surface area contributed by atoms with Crippen molar-refractivity contribution in [3.63, 3.8) is 0 Å². The molecule has 2 nitrogen and oxygen atoms in total. The van der Waals surface area contributed by atoms with Gasteiger partial charge in [0.2, 0.25) is 0 Å². The molecule has 0 aromatic carbocycles.